The SMILES string of the molecule is COC(=O)C(CCOC(C)C)NC(=O)C1CC1c1ccccc1C(F)(F)F. The smallest absolute Gasteiger partial charge is 0.416 e. The van der Waals surface area contributed by atoms with Crippen LogP contribution in [0.1, 0.15) is 43.7 Å². The van der Waals surface area contributed by atoms with Crippen molar-refractivity contribution in [3.63, 3.8) is 0 Å². The van der Waals surface area contributed by atoms with E-state index in [2.05, 4.69) is 10.1 Å². The Balaban J connectivity index is 2.01. The van der Waals surface area contributed by atoms with Crippen LogP contribution in [0.2, 0.25) is 0 Å². The maximum Gasteiger partial charge on any atom is 0.416 e. The molecule has 3 unspecified atom stereocenters. The molecule has 27 heavy (non-hydrogen) atoms. The van der Waals surface area contributed by atoms with Crippen LogP contribution >= 0.6 is 0 Å². The van der Waals surface area contributed by atoms with Crippen molar-refractivity contribution in [1.29, 1.82) is 0 Å². The summed E-state index contributed by atoms with van der Waals surface area (Å²) in [5, 5.41) is 2.59. The van der Waals surface area contributed by atoms with E-state index in [0.717, 1.165) is 6.07 Å². The van der Waals surface area contributed by atoms with Gasteiger partial charge in [0.25, 0.3) is 0 Å². The zero-order valence-electron chi connectivity index (χ0n) is 15.5. The van der Waals surface area contributed by atoms with Crippen molar-refractivity contribution < 1.29 is 32.2 Å². The van der Waals surface area contributed by atoms with Crippen molar-refractivity contribution in [2.45, 2.75) is 50.9 Å². The largest absolute Gasteiger partial charge is 0.467 e. The van der Waals surface area contributed by atoms with Crippen molar-refractivity contribution in [2.24, 2.45) is 5.92 Å². The Morgan fingerprint density at radius 2 is 1.93 bits per heavy atom. The van der Waals surface area contributed by atoms with Gasteiger partial charge in [-0.1, -0.05) is 18.2 Å². The quantitative estimate of drug-likeness (QED) is 0.696. The summed E-state index contributed by atoms with van der Waals surface area (Å²) < 4.78 is 49.5. The second kappa shape index (κ2) is 8.73. The van der Waals surface area contributed by atoms with E-state index in [1.807, 2.05) is 13.8 Å². The Morgan fingerprint density at radius 3 is 2.52 bits per heavy atom. The fourth-order valence-corrected chi connectivity index (χ4v) is 3.00. The third-order valence-corrected chi connectivity index (χ3v) is 4.45. The van der Waals surface area contributed by atoms with Gasteiger partial charge >= 0.3 is 12.1 Å². The van der Waals surface area contributed by atoms with E-state index in [4.69, 9.17) is 4.74 Å². The zero-order valence-corrected chi connectivity index (χ0v) is 15.5. The molecule has 1 aliphatic rings. The number of hydrogen-bond donors (Lipinski definition) is 1. The monoisotopic (exact) mass is 387 g/mol. The van der Waals surface area contributed by atoms with E-state index in [9.17, 15) is 22.8 Å². The Kier molecular flexibility index (Phi) is 6.86. The standard InChI is InChI=1S/C19H24F3NO4/c1-11(2)27-9-8-16(18(25)26-3)23-17(24)14-10-13(14)12-6-4-5-7-15(12)19(20,21)22/h4-7,11,13-14,16H,8-10H2,1-3H3,(H,23,24). The highest BCUT2D eigenvalue weighted by atomic mass is 19.4. The van der Waals surface area contributed by atoms with Crippen molar-refractivity contribution in [1.82, 2.24) is 5.32 Å². The van der Waals surface area contributed by atoms with E-state index < -0.39 is 41.5 Å². The Morgan fingerprint density at radius 1 is 1.26 bits per heavy atom. The molecular formula is C19H24F3NO4. The highest BCUT2D eigenvalue weighted by Gasteiger charge is 2.48. The number of benzene rings is 1. The van der Waals surface area contributed by atoms with Crippen molar-refractivity contribution in [3.8, 4) is 0 Å². The van der Waals surface area contributed by atoms with Gasteiger partial charge < -0.3 is 14.8 Å². The number of alkyl halides is 3. The summed E-state index contributed by atoms with van der Waals surface area (Å²) in [4.78, 5) is 24.3. The molecule has 1 amide bonds. The van der Waals surface area contributed by atoms with Gasteiger partial charge in [-0.05, 0) is 37.8 Å². The molecule has 5 nitrogen and oxygen atoms in total. The minimum absolute atomic E-state index is 0.0225. The number of amides is 1. The first-order valence-corrected chi connectivity index (χ1v) is 8.81. The number of rotatable bonds is 8. The lowest BCUT2D eigenvalue weighted by Crippen LogP contribution is -2.43. The summed E-state index contributed by atoms with van der Waals surface area (Å²) in [6.45, 7) is 3.94. The lowest BCUT2D eigenvalue weighted by atomic mass is 10.0. The molecule has 0 aromatic heterocycles. The summed E-state index contributed by atoms with van der Waals surface area (Å²) in [6.07, 6.45) is -3.95. The van der Waals surface area contributed by atoms with Crippen LogP contribution in [-0.4, -0.2) is 37.7 Å². The molecule has 1 aromatic carbocycles. The van der Waals surface area contributed by atoms with Gasteiger partial charge in [-0.25, -0.2) is 4.79 Å². The number of halogens is 3. The molecule has 8 heteroatoms. The van der Waals surface area contributed by atoms with Crippen LogP contribution in [0.15, 0.2) is 24.3 Å². The number of ether oxygens (including phenoxy) is 2. The molecule has 0 bridgehead atoms. The van der Waals surface area contributed by atoms with E-state index in [-0.39, 0.29) is 24.7 Å². The maximum atomic E-state index is 13.2. The number of esters is 1. The topological polar surface area (TPSA) is 64.6 Å². The van der Waals surface area contributed by atoms with Crippen LogP contribution in [0, 0.1) is 5.92 Å². The van der Waals surface area contributed by atoms with Crippen molar-refractivity contribution in [3.05, 3.63) is 35.4 Å². The number of carbonyl (C=O) groups is 2. The normalized spacial score (nSPS) is 20.3. The van der Waals surface area contributed by atoms with E-state index in [1.54, 1.807) is 0 Å². The first kappa shape index (κ1) is 21.2. The Hall–Kier alpha value is -2.09. The fraction of sp³-hybridized carbons (Fsp3) is 0.579. The van der Waals surface area contributed by atoms with Gasteiger partial charge in [0.1, 0.15) is 6.04 Å². The number of carbonyl (C=O) groups excluding carboxylic acids is 2. The number of hydrogen-bond acceptors (Lipinski definition) is 4. The molecule has 0 saturated heterocycles. The first-order valence-electron chi connectivity index (χ1n) is 8.81. The minimum atomic E-state index is -4.47. The van der Waals surface area contributed by atoms with Crippen molar-refractivity contribution >= 4 is 11.9 Å². The summed E-state index contributed by atoms with van der Waals surface area (Å²) >= 11 is 0. The number of nitrogens with one attached hydrogen (secondary N) is 1. The predicted octanol–water partition coefficient (Wildman–Crippen LogP) is 3.28. The van der Waals surface area contributed by atoms with E-state index >= 15 is 0 Å². The van der Waals surface area contributed by atoms with Gasteiger partial charge in [0.15, 0.2) is 0 Å². The Labute approximate surface area is 156 Å². The lowest BCUT2D eigenvalue weighted by Gasteiger charge is -2.18. The molecule has 1 aromatic rings. The number of methoxy groups -OCH3 is 1. The van der Waals surface area contributed by atoms with Gasteiger partial charge in [-0.3, -0.25) is 4.79 Å². The molecule has 1 fully saturated rings. The molecule has 0 aliphatic heterocycles. The van der Waals surface area contributed by atoms with Gasteiger partial charge in [0.05, 0.1) is 18.8 Å². The Bertz CT molecular complexity index is 675. The molecule has 1 saturated carbocycles. The van der Waals surface area contributed by atoms with Crippen molar-refractivity contribution in [2.75, 3.05) is 13.7 Å². The predicted molar refractivity (Wildman–Crippen MR) is 91.9 cm³/mol. The summed E-state index contributed by atoms with van der Waals surface area (Å²) in [6, 6.07) is 4.38. The van der Waals surface area contributed by atoms with Gasteiger partial charge in [0.2, 0.25) is 5.91 Å². The third-order valence-electron chi connectivity index (χ3n) is 4.45. The molecular weight excluding hydrogens is 363 g/mol. The molecule has 0 spiro atoms. The fourth-order valence-electron chi connectivity index (χ4n) is 3.00. The highest BCUT2D eigenvalue weighted by Crippen LogP contribution is 2.51. The van der Waals surface area contributed by atoms with Gasteiger partial charge in [-0.15, -0.1) is 0 Å². The van der Waals surface area contributed by atoms with Crippen LogP contribution in [0.3, 0.4) is 0 Å². The molecule has 1 aliphatic carbocycles. The van der Waals surface area contributed by atoms with Gasteiger partial charge in [-0.2, -0.15) is 13.2 Å². The average Bonchev–Trinajstić information content (AvgIpc) is 3.40. The summed E-state index contributed by atoms with van der Waals surface area (Å²) in [5.41, 5.74) is -0.608. The average molecular weight is 387 g/mol. The van der Waals surface area contributed by atoms with Crippen LogP contribution in [-0.2, 0) is 25.2 Å². The molecule has 0 radical (unpaired) electrons. The molecule has 0 heterocycles. The molecule has 2 rings (SSSR count). The lowest BCUT2D eigenvalue weighted by molar-refractivity contribution is -0.146. The maximum absolute atomic E-state index is 13.2. The first-order chi connectivity index (χ1) is 12.6. The third kappa shape index (κ3) is 5.69. The van der Waals surface area contributed by atoms with Crippen LogP contribution in [0.25, 0.3) is 0 Å². The summed E-state index contributed by atoms with van der Waals surface area (Å²) in [5.74, 6) is -2.15. The molecule has 1 N–H and O–H groups in total. The zero-order chi connectivity index (χ0) is 20.2. The highest BCUT2D eigenvalue weighted by molar-refractivity contribution is 5.88. The second-order valence-electron chi connectivity index (χ2n) is 6.83. The van der Waals surface area contributed by atoms with E-state index in [0.29, 0.717) is 6.42 Å². The van der Waals surface area contributed by atoms with E-state index in [1.165, 1.54) is 25.3 Å². The second-order valence-corrected chi connectivity index (χ2v) is 6.83. The summed E-state index contributed by atoms with van der Waals surface area (Å²) in [7, 11) is 1.21. The van der Waals surface area contributed by atoms with Crippen LogP contribution in [0.4, 0.5) is 13.2 Å². The van der Waals surface area contributed by atoms with Gasteiger partial charge in [0, 0.05) is 18.9 Å². The van der Waals surface area contributed by atoms with Crippen LogP contribution < -0.4 is 5.32 Å². The van der Waals surface area contributed by atoms with Crippen LogP contribution in [0.5, 0.6) is 0 Å². The molecule has 150 valence electrons. The molecule has 3 atom stereocenters. The minimum Gasteiger partial charge on any atom is -0.467 e.